The van der Waals surface area contributed by atoms with Gasteiger partial charge in [0.1, 0.15) is 5.75 Å². The Hall–Kier alpha value is -0.730. The van der Waals surface area contributed by atoms with E-state index in [0.29, 0.717) is 0 Å². The third-order valence-corrected chi connectivity index (χ3v) is 3.92. The summed E-state index contributed by atoms with van der Waals surface area (Å²) in [7, 11) is 0. The van der Waals surface area contributed by atoms with E-state index in [1.165, 1.54) is 56.4 Å². The van der Waals surface area contributed by atoms with Crippen LogP contribution in [0.25, 0.3) is 0 Å². The van der Waals surface area contributed by atoms with Gasteiger partial charge in [0.15, 0.2) is 0 Å². The van der Waals surface area contributed by atoms with Crippen molar-refractivity contribution in [2.45, 2.75) is 32.1 Å². The molecule has 1 fully saturated rings. The minimum absolute atomic E-state index is 0. The molecule has 18 heavy (non-hydrogen) atoms. The first kappa shape index (κ1) is 13.7. The molecule has 0 N–H and O–H groups in total. The van der Waals surface area contributed by atoms with Gasteiger partial charge in [0.25, 0.3) is 0 Å². The third kappa shape index (κ3) is 3.18. The quantitative estimate of drug-likeness (QED) is 0.835. The number of nitrogens with zero attached hydrogens (tertiary/aromatic N) is 1. The highest BCUT2D eigenvalue weighted by molar-refractivity contribution is 5.85. The van der Waals surface area contributed by atoms with Crippen LogP contribution in [0.3, 0.4) is 0 Å². The maximum Gasteiger partial charge on any atom is 0.122 e. The fraction of sp³-hybridized carbons (Fsp3) is 0.600. The van der Waals surface area contributed by atoms with E-state index in [-0.39, 0.29) is 12.4 Å². The predicted molar refractivity (Wildman–Crippen MR) is 76.9 cm³/mol. The number of rotatable bonds is 3. The molecule has 0 bridgehead atoms. The highest BCUT2D eigenvalue weighted by Gasteiger charge is 2.13. The van der Waals surface area contributed by atoms with Gasteiger partial charge in [0.05, 0.1) is 6.61 Å². The van der Waals surface area contributed by atoms with Crippen molar-refractivity contribution in [3.8, 4) is 5.75 Å². The minimum Gasteiger partial charge on any atom is -0.493 e. The van der Waals surface area contributed by atoms with Gasteiger partial charge in [-0.3, -0.25) is 0 Å². The van der Waals surface area contributed by atoms with Crippen LogP contribution >= 0.6 is 12.4 Å². The van der Waals surface area contributed by atoms with Crippen LogP contribution in [0.15, 0.2) is 18.2 Å². The molecule has 0 amide bonds. The lowest BCUT2D eigenvalue weighted by Gasteiger charge is -2.26. The third-order valence-electron chi connectivity index (χ3n) is 3.92. The van der Waals surface area contributed by atoms with Crippen LogP contribution in [-0.2, 0) is 12.8 Å². The molecule has 100 valence electrons. The van der Waals surface area contributed by atoms with E-state index >= 15 is 0 Å². The van der Waals surface area contributed by atoms with Gasteiger partial charge in [-0.05, 0) is 49.5 Å². The van der Waals surface area contributed by atoms with E-state index in [1.54, 1.807) is 0 Å². The number of piperidine rings is 1. The van der Waals surface area contributed by atoms with Gasteiger partial charge in [-0.1, -0.05) is 18.6 Å². The highest BCUT2D eigenvalue weighted by Crippen LogP contribution is 2.26. The molecule has 2 nitrogen and oxygen atoms in total. The first-order valence-electron chi connectivity index (χ1n) is 6.89. The molecule has 2 aliphatic heterocycles. The Bertz CT molecular complexity index is 388. The van der Waals surface area contributed by atoms with Gasteiger partial charge in [-0.2, -0.15) is 0 Å². The van der Waals surface area contributed by atoms with E-state index < -0.39 is 0 Å². The molecule has 0 radical (unpaired) electrons. The summed E-state index contributed by atoms with van der Waals surface area (Å²) in [4.78, 5) is 2.60. The molecule has 0 spiro atoms. The Balaban J connectivity index is 0.00000120. The van der Waals surface area contributed by atoms with E-state index in [2.05, 4.69) is 23.1 Å². The van der Waals surface area contributed by atoms with Crippen LogP contribution in [0.4, 0.5) is 0 Å². The standard InChI is InChI=1S/C15H21NO.ClH/c1-2-8-16(9-3-1)10-6-13-4-5-15-14(12-13)7-11-17-15;/h4-5,12H,1-3,6-11H2;1H. The van der Waals surface area contributed by atoms with Crippen LogP contribution in [0.5, 0.6) is 5.75 Å². The molecule has 0 aliphatic carbocycles. The lowest BCUT2D eigenvalue weighted by molar-refractivity contribution is 0.231. The molecule has 2 aliphatic rings. The molecule has 1 aromatic carbocycles. The van der Waals surface area contributed by atoms with Crippen molar-refractivity contribution in [3.63, 3.8) is 0 Å². The molecule has 1 aromatic rings. The number of hydrogen-bond acceptors (Lipinski definition) is 2. The molecule has 3 heteroatoms. The summed E-state index contributed by atoms with van der Waals surface area (Å²) in [5.74, 6) is 1.10. The van der Waals surface area contributed by atoms with Gasteiger partial charge in [-0.25, -0.2) is 0 Å². The number of ether oxygens (including phenoxy) is 1. The van der Waals surface area contributed by atoms with Crippen molar-refractivity contribution in [2.75, 3.05) is 26.2 Å². The number of benzene rings is 1. The summed E-state index contributed by atoms with van der Waals surface area (Å²) in [6, 6.07) is 6.72. The largest absolute Gasteiger partial charge is 0.493 e. The molecule has 0 atom stereocenters. The average Bonchev–Trinajstić information content (AvgIpc) is 2.85. The van der Waals surface area contributed by atoms with Gasteiger partial charge in [0.2, 0.25) is 0 Å². The number of halogens is 1. The molecule has 0 unspecified atom stereocenters. The topological polar surface area (TPSA) is 12.5 Å². The Morgan fingerprint density at radius 2 is 1.94 bits per heavy atom. The minimum atomic E-state index is 0. The Morgan fingerprint density at radius 1 is 1.11 bits per heavy atom. The van der Waals surface area contributed by atoms with Crippen molar-refractivity contribution >= 4 is 12.4 Å². The zero-order valence-electron chi connectivity index (χ0n) is 10.9. The van der Waals surface area contributed by atoms with Crippen molar-refractivity contribution in [1.29, 1.82) is 0 Å². The van der Waals surface area contributed by atoms with Gasteiger partial charge in [0, 0.05) is 13.0 Å². The second-order valence-corrected chi connectivity index (χ2v) is 5.19. The Morgan fingerprint density at radius 3 is 2.78 bits per heavy atom. The van der Waals surface area contributed by atoms with Crippen molar-refractivity contribution in [1.82, 2.24) is 4.90 Å². The lowest BCUT2D eigenvalue weighted by Crippen LogP contribution is -2.31. The van der Waals surface area contributed by atoms with Crippen LogP contribution < -0.4 is 4.74 Å². The fourth-order valence-electron chi connectivity index (χ4n) is 2.87. The number of hydrogen-bond donors (Lipinski definition) is 0. The predicted octanol–water partition coefficient (Wildman–Crippen LogP) is 3.07. The zero-order valence-corrected chi connectivity index (χ0v) is 11.7. The second-order valence-electron chi connectivity index (χ2n) is 5.19. The zero-order chi connectivity index (χ0) is 11.5. The van der Waals surface area contributed by atoms with Crippen molar-refractivity contribution < 1.29 is 4.74 Å². The monoisotopic (exact) mass is 267 g/mol. The molecule has 1 saturated heterocycles. The first-order chi connectivity index (χ1) is 8.42. The number of likely N-dealkylation sites (tertiary alicyclic amines) is 1. The van der Waals surface area contributed by atoms with Crippen molar-refractivity contribution in [3.05, 3.63) is 29.3 Å². The lowest BCUT2D eigenvalue weighted by atomic mass is 10.1. The summed E-state index contributed by atoms with van der Waals surface area (Å²) >= 11 is 0. The summed E-state index contributed by atoms with van der Waals surface area (Å²) in [5, 5.41) is 0. The van der Waals surface area contributed by atoms with Gasteiger partial charge in [-0.15, -0.1) is 12.4 Å². The molecular weight excluding hydrogens is 246 g/mol. The molecular formula is C15H22ClNO. The highest BCUT2D eigenvalue weighted by atomic mass is 35.5. The van der Waals surface area contributed by atoms with E-state index in [4.69, 9.17) is 4.74 Å². The molecule has 2 heterocycles. The SMILES string of the molecule is Cl.c1cc2c(cc1CCN1CCCCC1)CCO2. The van der Waals surface area contributed by atoms with Gasteiger partial charge < -0.3 is 9.64 Å². The Labute approximate surface area is 116 Å². The van der Waals surface area contributed by atoms with E-state index in [0.717, 1.165) is 18.8 Å². The van der Waals surface area contributed by atoms with Crippen LogP contribution in [0.2, 0.25) is 0 Å². The van der Waals surface area contributed by atoms with Gasteiger partial charge >= 0.3 is 0 Å². The number of fused-ring (bicyclic) bond motifs is 1. The van der Waals surface area contributed by atoms with Crippen LogP contribution in [0, 0.1) is 0 Å². The molecule has 0 aromatic heterocycles. The first-order valence-corrected chi connectivity index (χ1v) is 6.89. The summed E-state index contributed by atoms with van der Waals surface area (Å²) < 4.78 is 5.54. The van der Waals surface area contributed by atoms with Crippen LogP contribution in [-0.4, -0.2) is 31.1 Å². The van der Waals surface area contributed by atoms with Crippen LogP contribution in [0.1, 0.15) is 30.4 Å². The summed E-state index contributed by atoms with van der Waals surface area (Å²) in [6.07, 6.45) is 6.48. The summed E-state index contributed by atoms with van der Waals surface area (Å²) in [5.41, 5.74) is 2.88. The maximum absolute atomic E-state index is 5.54. The summed E-state index contributed by atoms with van der Waals surface area (Å²) in [6.45, 7) is 4.69. The molecule has 0 saturated carbocycles. The van der Waals surface area contributed by atoms with Crippen molar-refractivity contribution in [2.24, 2.45) is 0 Å². The normalized spacial score (nSPS) is 18.9. The van der Waals surface area contributed by atoms with E-state index in [1.807, 2.05) is 0 Å². The fourth-order valence-corrected chi connectivity index (χ4v) is 2.87. The average molecular weight is 268 g/mol. The Kier molecular flexibility index (Phi) is 4.90. The van der Waals surface area contributed by atoms with E-state index in [9.17, 15) is 0 Å². The molecule has 3 rings (SSSR count). The smallest absolute Gasteiger partial charge is 0.122 e. The maximum atomic E-state index is 5.54. The second kappa shape index (κ2) is 6.44.